The molecule has 2 aliphatic heterocycles. The number of amides is 1. The highest BCUT2D eigenvalue weighted by Gasteiger charge is 2.34. The number of carbonyl (C=O) groups excluding carboxylic acids is 1. The van der Waals surface area contributed by atoms with Crippen LogP contribution in [0, 0.1) is 11.8 Å². The number of aryl methyl sites for hydroxylation is 1. The molecular formula is C18H27NO3S. The van der Waals surface area contributed by atoms with Crippen molar-refractivity contribution >= 4 is 17.2 Å². The van der Waals surface area contributed by atoms with Crippen LogP contribution in [0.25, 0.3) is 0 Å². The molecule has 1 amide bonds. The summed E-state index contributed by atoms with van der Waals surface area (Å²) in [5.41, 5.74) is 0.815. The topological polar surface area (TPSA) is 47.6 Å². The van der Waals surface area contributed by atoms with E-state index in [1.807, 2.05) is 11.4 Å². The molecule has 4 nitrogen and oxygen atoms in total. The third-order valence-corrected chi connectivity index (χ3v) is 6.00. The van der Waals surface area contributed by atoms with Crippen molar-refractivity contribution in [1.82, 2.24) is 5.32 Å². The zero-order chi connectivity index (χ0) is 16.1. The highest BCUT2D eigenvalue weighted by molar-refractivity contribution is 7.10. The summed E-state index contributed by atoms with van der Waals surface area (Å²) in [6.07, 6.45) is 5.26. The average molecular weight is 337 g/mol. The van der Waals surface area contributed by atoms with E-state index in [0.717, 1.165) is 64.1 Å². The maximum Gasteiger partial charge on any atom is 0.252 e. The second kappa shape index (κ2) is 8.27. The third kappa shape index (κ3) is 4.34. The van der Waals surface area contributed by atoms with Crippen LogP contribution in [0.1, 0.15) is 47.8 Å². The summed E-state index contributed by atoms with van der Waals surface area (Å²) < 4.78 is 11.2. The van der Waals surface area contributed by atoms with Gasteiger partial charge in [0, 0.05) is 42.0 Å². The molecule has 0 aromatic carbocycles. The Bertz CT molecular complexity index is 510. The molecule has 5 heteroatoms. The minimum Gasteiger partial charge on any atom is -0.381 e. The molecule has 23 heavy (non-hydrogen) atoms. The van der Waals surface area contributed by atoms with Crippen LogP contribution in [-0.4, -0.2) is 38.4 Å². The summed E-state index contributed by atoms with van der Waals surface area (Å²) >= 11 is 1.69. The first kappa shape index (κ1) is 16.9. The quantitative estimate of drug-likeness (QED) is 0.897. The maximum atomic E-state index is 12.6. The lowest BCUT2D eigenvalue weighted by molar-refractivity contribution is -0.0259. The number of hydrogen-bond donors (Lipinski definition) is 1. The molecule has 1 aromatic rings. The van der Waals surface area contributed by atoms with E-state index in [-0.39, 0.29) is 11.9 Å². The predicted octanol–water partition coefficient (Wildman–Crippen LogP) is 3.26. The molecule has 1 N–H and O–H groups in total. The fourth-order valence-corrected chi connectivity index (χ4v) is 4.65. The van der Waals surface area contributed by atoms with E-state index in [0.29, 0.717) is 11.8 Å². The standard InChI is InChI=1S/C18H27NO3S/c1-2-3-15-10-14(12-23-15)18(20)19-17-6-9-22-11-16(17)13-4-7-21-8-5-13/h10,12-13,16-17H,2-9,11H2,1H3,(H,19,20)/t16-,17-/m0/s1. The molecule has 2 fully saturated rings. The zero-order valence-electron chi connectivity index (χ0n) is 13.9. The second-order valence-electron chi connectivity index (χ2n) is 6.61. The van der Waals surface area contributed by atoms with Crippen molar-refractivity contribution in [2.45, 2.75) is 45.1 Å². The Kier molecular flexibility index (Phi) is 6.08. The third-order valence-electron chi connectivity index (χ3n) is 5.00. The minimum atomic E-state index is 0.0764. The van der Waals surface area contributed by atoms with E-state index in [2.05, 4.69) is 12.2 Å². The number of nitrogens with one attached hydrogen (secondary N) is 1. The van der Waals surface area contributed by atoms with Crippen LogP contribution in [0.4, 0.5) is 0 Å². The van der Waals surface area contributed by atoms with E-state index in [9.17, 15) is 4.79 Å². The summed E-state index contributed by atoms with van der Waals surface area (Å²) in [6, 6.07) is 2.28. The molecule has 0 unspecified atom stereocenters. The van der Waals surface area contributed by atoms with Crippen LogP contribution in [-0.2, 0) is 15.9 Å². The first-order chi connectivity index (χ1) is 11.3. The van der Waals surface area contributed by atoms with E-state index in [4.69, 9.17) is 9.47 Å². The Balaban J connectivity index is 1.62. The summed E-state index contributed by atoms with van der Waals surface area (Å²) in [4.78, 5) is 13.9. The van der Waals surface area contributed by atoms with Crippen LogP contribution in [0.5, 0.6) is 0 Å². The number of thiophene rings is 1. The van der Waals surface area contributed by atoms with Crippen molar-refractivity contribution in [2.75, 3.05) is 26.4 Å². The van der Waals surface area contributed by atoms with Crippen molar-refractivity contribution < 1.29 is 14.3 Å². The summed E-state index contributed by atoms with van der Waals surface area (Å²) in [7, 11) is 0. The van der Waals surface area contributed by atoms with Gasteiger partial charge in [-0.25, -0.2) is 0 Å². The van der Waals surface area contributed by atoms with Gasteiger partial charge in [-0.3, -0.25) is 4.79 Å². The van der Waals surface area contributed by atoms with Gasteiger partial charge in [0.05, 0.1) is 12.2 Å². The van der Waals surface area contributed by atoms with Gasteiger partial charge in [0.25, 0.3) is 5.91 Å². The summed E-state index contributed by atoms with van der Waals surface area (Å²) in [5, 5.41) is 5.27. The first-order valence-electron chi connectivity index (χ1n) is 8.81. The van der Waals surface area contributed by atoms with Crippen molar-refractivity contribution in [3.05, 3.63) is 21.9 Å². The monoisotopic (exact) mass is 337 g/mol. The van der Waals surface area contributed by atoms with Crippen LogP contribution in [0.3, 0.4) is 0 Å². The van der Waals surface area contributed by atoms with Crippen LogP contribution in [0.2, 0.25) is 0 Å². The molecule has 0 spiro atoms. The van der Waals surface area contributed by atoms with Gasteiger partial charge in [-0.2, -0.15) is 0 Å². The largest absolute Gasteiger partial charge is 0.381 e. The summed E-state index contributed by atoms with van der Waals surface area (Å²) in [6.45, 7) is 5.36. The fourth-order valence-electron chi connectivity index (χ4n) is 3.68. The van der Waals surface area contributed by atoms with Crippen molar-refractivity contribution in [3.63, 3.8) is 0 Å². The van der Waals surface area contributed by atoms with Crippen molar-refractivity contribution in [2.24, 2.45) is 11.8 Å². The molecule has 2 atom stereocenters. The molecular weight excluding hydrogens is 310 g/mol. The number of ether oxygens (including phenoxy) is 2. The highest BCUT2D eigenvalue weighted by Crippen LogP contribution is 2.30. The Labute approximate surface area is 142 Å². The van der Waals surface area contributed by atoms with Crippen LogP contribution in [0.15, 0.2) is 11.4 Å². The number of rotatable bonds is 5. The first-order valence-corrected chi connectivity index (χ1v) is 9.69. The molecule has 3 heterocycles. The van der Waals surface area contributed by atoms with E-state index in [1.165, 1.54) is 4.88 Å². The molecule has 0 saturated carbocycles. The Morgan fingerprint density at radius 2 is 2.04 bits per heavy atom. The lowest BCUT2D eigenvalue weighted by atomic mass is 9.79. The van der Waals surface area contributed by atoms with Crippen molar-refractivity contribution in [3.8, 4) is 0 Å². The van der Waals surface area contributed by atoms with Gasteiger partial charge in [-0.15, -0.1) is 11.3 Å². The SMILES string of the molecule is CCCc1cc(C(=O)N[C@H]2CCOC[C@H]2C2CCOCC2)cs1. The molecule has 3 rings (SSSR count). The van der Waals surface area contributed by atoms with Gasteiger partial charge in [0.15, 0.2) is 0 Å². The molecule has 0 radical (unpaired) electrons. The molecule has 128 valence electrons. The van der Waals surface area contributed by atoms with Crippen molar-refractivity contribution in [1.29, 1.82) is 0 Å². The van der Waals surface area contributed by atoms with E-state index in [1.54, 1.807) is 11.3 Å². The Hall–Kier alpha value is -0.910. The van der Waals surface area contributed by atoms with Gasteiger partial charge < -0.3 is 14.8 Å². The molecule has 2 aliphatic rings. The molecule has 0 aliphatic carbocycles. The molecule has 0 bridgehead atoms. The Morgan fingerprint density at radius 3 is 2.83 bits per heavy atom. The van der Waals surface area contributed by atoms with Crippen LogP contribution < -0.4 is 5.32 Å². The van der Waals surface area contributed by atoms with Gasteiger partial charge in [-0.1, -0.05) is 13.3 Å². The maximum absolute atomic E-state index is 12.6. The number of hydrogen-bond acceptors (Lipinski definition) is 4. The molecule has 2 saturated heterocycles. The highest BCUT2D eigenvalue weighted by atomic mass is 32.1. The smallest absolute Gasteiger partial charge is 0.252 e. The number of carbonyl (C=O) groups is 1. The lowest BCUT2D eigenvalue weighted by Gasteiger charge is -2.39. The zero-order valence-corrected chi connectivity index (χ0v) is 14.7. The van der Waals surface area contributed by atoms with Gasteiger partial charge in [0.2, 0.25) is 0 Å². The second-order valence-corrected chi connectivity index (χ2v) is 7.60. The van der Waals surface area contributed by atoms with E-state index >= 15 is 0 Å². The van der Waals surface area contributed by atoms with Gasteiger partial charge in [0.1, 0.15) is 0 Å². The van der Waals surface area contributed by atoms with Gasteiger partial charge >= 0.3 is 0 Å². The normalized spacial score (nSPS) is 26.1. The fraction of sp³-hybridized carbons (Fsp3) is 0.722. The average Bonchev–Trinajstić information content (AvgIpc) is 3.05. The van der Waals surface area contributed by atoms with Gasteiger partial charge in [-0.05, 0) is 37.7 Å². The summed E-state index contributed by atoms with van der Waals surface area (Å²) in [5.74, 6) is 1.10. The lowest BCUT2D eigenvalue weighted by Crippen LogP contribution is -2.49. The van der Waals surface area contributed by atoms with Crippen LogP contribution >= 0.6 is 11.3 Å². The Morgan fingerprint density at radius 1 is 1.26 bits per heavy atom. The molecule has 1 aromatic heterocycles. The van der Waals surface area contributed by atoms with E-state index < -0.39 is 0 Å². The minimum absolute atomic E-state index is 0.0764. The predicted molar refractivity (Wildman–Crippen MR) is 92.0 cm³/mol.